The molecule has 1 rings (SSSR count). The van der Waals surface area contributed by atoms with Crippen molar-refractivity contribution in [1.29, 1.82) is 0 Å². The topological polar surface area (TPSA) is 105 Å². The van der Waals surface area contributed by atoms with Crippen LogP contribution in [0.15, 0.2) is 23.1 Å². The van der Waals surface area contributed by atoms with Gasteiger partial charge in [0.25, 0.3) is 0 Å². The van der Waals surface area contributed by atoms with E-state index in [1.54, 1.807) is 6.07 Å². The second-order valence-electron chi connectivity index (χ2n) is 4.57. The van der Waals surface area contributed by atoms with Crippen LogP contribution in [0, 0.1) is 5.92 Å². The molecule has 0 unspecified atom stereocenters. The molecule has 0 heterocycles. The van der Waals surface area contributed by atoms with Gasteiger partial charge in [0.1, 0.15) is 17.3 Å². The first-order valence-electron chi connectivity index (χ1n) is 5.93. The zero-order valence-corrected chi connectivity index (χ0v) is 11.9. The van der Waals surface area contributed by atoms with Crippen LogP contribution in [0.2, 0.25) is 0 Å². The number of hydrogen-bond donors (Lipinski definition) is 2. The molecule has 0 bridgehead atoms. The minimum absolute atomic E-state index is 0.114. The van der Waals surface area contributed by atoms with E-state index in [9.17, 15) is 8.42 Å². The molecule has 0 aliphatic rings. The van der Waals surface area contributed by atoms with Crippen molar-refractivity contribution >= 4 is 15.7 Å². The largest absolute Gasteiger partial charge is 0.490 e. The van der Waals surface area contributed by atoms with Crippen LogP contribution in [-0.2, 0) is 14.8 Å². The molecule has 0 aromatic heterocycles. The van der Waals surface area contributed by atoms with Gasteiger partial charge >= 0.3 is 0 Å². The van der Waals surface area contributed by atoms with E-state index in [0.29, 0.717) is 24.8 Å². The van der Waals surface area contributed by atoms with Gasteiger partial charge < -0.3 is 15.2 Å². The van der Waals surface area contributed by atoms with Crippen LogP contribution in [0.5, 0.6) is 5.75 Å². The van der Waals surface area contributed by atoms with Crippen molar-refractivity contribution in [3.05, 3.63) is 18.2 Å². The zero-order chi connectivity index (χ0) is 14.5. The lowest BCUT2D eigenvalue weighted by Crippen LogP contribution is -2.16. The molecule has 0 amide bonds. The first-order chi connectivity index (χ1) is 8.80. The first-order valence-corrected chi connectivity index (χ1v) is 7.48. The highest BCUT2D eigenvalue weighted by atomic mass is 32.2. The molecular weight excluding hydrogens is 268 g/mol. The molecule has 0 aliphatic heterocycles. The number of benzene rings is 1. The fourth-order valence-corrected chi connectivity index (χ4v) is 2.10. The summed E-state index contributed by atoms with van der Waals surface area (Å²) in [6, 6.07) is 4.32. The van der Waals surface area contributed by atoms with Crippen LogP contribution < -0.4 is 15.6 Å². The normalized spacial score (nSPS) is 11.8. The van der Waals surface area contributed by atoms with Crippen LogP contribution in [0.4, 0.5) is 5.69 Å². The van der Waals surface area contributed by atoms with Gasteiger partial charge in [0.15, 0.2) is 0 Å². The monoisotopic (exact) mass is 288 g/mol. The van der Waals surface area contributed by atoms with Crippen molar-refractivity contribution in [2.75, 3.05) is 25.6 Å². The van der Waals surface area contributed by atoms with Gasteiger partial charge in [-0.05, 0) is 24.1 Å². The van der Waals surface area contributed by atoms with Gasteiger partial charge in [0.2, 0.25) is 10.0 Å². The third-order valence-corrected chi connectivity index (χ3v) is 3.14. The molecular formula is C12H20N2O4S. The van der Waals surface area contributed by atoms with Crippen molar-refractivity contribution in [3.8, 4) is 5.75 Å². The molecule has 0 spiro atoms. The number of anilines is 1. The second kappa shape index (κ2) is 6.74. The Morgan fingerprint density at radius 1 is 1.26 bits per heavy atom. The smallest absolute Gasteiger partial charge is 0.241 e. The Bertz CT molecular complexity index is 514. The van der Waals surface area contributed by atoms with Gasteiger partial charge in [-0.3, -0.25) is 0 Å². The first kappa shape index (κ1) is 15.7. The van der Waals surface area contributed by atoms with Crippen LogP contribution in [-0.4, -0.2) is 28.2 Å². The number of ether oxygens (including phenoxy) is 2. The molecule has 1 aromatic rings. The molecule has 1 aromatic carbocycles. The Morgan fingerprint density at radius 3 is 2.53 bits per heavy atom. The van der Waals surface area contributed by atoms with Crippen LogP contribution in [0.1, 0.15) is 13.8 Å². The molecule has 0 aliphatic carbocycles. The Hall–Kier alpha value is -1.31. The van der Waals surface area contributed by atoms with E-state index >= 15 is 0 Å². The van der Waals surface area contributed by atoms with Gasteiger partial charge in [-0.2, -0.15) is 0 Å². The lowest BCUT2D eigenvalue weighted by molar-refractivity contribution is 0.0811. The molecule has 0 saturated carbocycles. The van der Waals surface area contributed by atoms with E-state index in [0.717, 1.165) is 0 Å². The summed E-state index contributed by atoms with van der Waals surface area (Å²) < 4.78 is 33.5. The van der Waals surface area contributed by atoms with E-state index in [1.165, 1.54) is 12.1 Å². The number of nitrogen functional groups attached to an aromatic ring is 1. The summed E-state index contributed by atoms with van der Waals surface area (Å²) >= 11 is 0. The summed E-state index contributed by atoms with van der Waals surface area (Å²) in [5, 5.41) is 5.10. The third-order valence-electron chi connectivity index (χ3n) is 2.21. The highest BCUT2D eigenvalue weighted by molar-refractivity contribution is 7.89. The number of rotatable bonds is 7. The van der Waals surface area contributed by atoms with Crippen LogP contribution in [0.3, 0.4) is 0 Å². The van der Waals surface area contributed by atoms with E-state index in [2.05, 4.69) is 0 Å². The maximum Gasteiger partial charge on any atom is 0.241 e. The number of sulfonamides is 1. The molecule has 19 heavy (non-hydrogen) atoms. The standard InChI is InChI=1S/C12H20N2O4S/c1-9(2)8-17-5-6-18-11-4-3-10(13)7-12(11)19(14,15)16/h3-4,7,9H,5-6,8,13H2,1-2H3,(H2,14,15,16). The molecule has 0 saturated heterocycles. The minimum atomic E-state index is -3.86. The minimum Gasteiger partial charge on any atom is -0.490 e. The fourth-order valence-electron chi connectivity index (χ4n) is 1.40. The van der Waals surface area contributed by atoms with Gasteiger partial charge in [0.05, 0.1) is 6.61 Å². The molecule has 7 heteroatoms. The molecule has 0 fully saturated rings. The van der Waals surface area contributed by atoms with Crippen molar-refractivity contribution in [1.82, 2.24) is 0 Å². The summed E-state index contributed by atoms with van der Waals surface area (Å²) in [5.41, 5.74) is 5.85. The average molecular weight is 288 g/mol. The Labute approximate surface area is 113 Å². The lowest BCUT2D eigenvalue weighted by atomic mass is 10.2. The van der Waals surface area contributed by atoms with Gasteiger partial charge in [-0.15, -0.1) is 0 Å². The Kier molecular flexibility index (Phi) is 5.59. The van der Waals surface area contributed by atoms with Gasteiger partial charge in [-0.25, -0.2) is 13.6 Å². The molecule has 0 atom stereocenters. The van der Waals surface area contributed by atoms with Gasteiger partial charge in [0, 0.05) is 12.3 Å². The van der Waals surface area contributed by atoms with Crippen LogP contribution in [0.25, 0.3) is 0 Å². The van der Waals surface area contributed by atoms with E-state index in [1.807, 2.05) is 13.8 Å². The second-order valence-corrected chi connectivity index (χ2v) is 6.10. The third kappa shape index (κ3) is 5.46. The maximum absolute atomic E-state index is 11.4. The molecule has 6 nitrogen and oxygen atoms in total. The molecule has 0 radical (unpaired) electrons. The van der Waals surface area contributed by atoms with Crippen LogP contribution >= 0.6 is 0 Å². The van der Waals surface area contributed by atoms with Crippen molar-refractivity contribution < 1.29 is 17.9 Å². The van der Waals surface area contributed by atoms with E-state index < -0.39 is 10.0 Å². The summed E-state index contributed by atoms with van der Waals surface area (Å²) in [6.07, 6.45) is 0. The lowest BCUT2D eigenvalue weighted by Gasteiger charge is -2.11. The summed E-state index contributed by atoms with van der Waals surface area (Å²) in [4.78, 5) is -0.114. The molecule has 4 N–H and O–H groups in total. The summed E-state index contributed by atoms with van der Waals surface area (Å²) in [5.74, 6) is 0.626. The maximum atomic E-state index is 11.4. The number of hydrogen-bond acceptors (Lipinski definition) is 5. The van der Waals surface area contributed by atoms with Crippen molar-refractivity contribution in [2.24, 2.45) is 11.1 Å². The number of nitrogens with two attached hydrogens (primary N) is 2. The highest BCUT2D eigenvalue weighted by Crippen LogP contribution is 2.24. The van der Waals surface area contributed by atoms with E-state index in [-0.39, 0.29) is 17.3 Å². The van der Waals surface area contributed by atoms with E-state index in [4.69, 9.17) is 20.3 Å². The predicted octanol–water partition coefficient (Wildman–Crippen LogP) is 0.968. The quantitative estimate of drug-likeness (QED) is 0.574. The van der Waals surface area contributed by atoms with Crippen molar-refractivity contribution in [2.45, 2.75) is 18.7 Å². The fraction of sp³-hybridized carbons (Fsp3) is 0.500. The zero-order valence-electron chi connectivity index (χ0n) is 11.1. The Morgan fingerprint density at radius 2 is 1.95 bits per heavy atom. The number of primary sulfonamides is 1. The average Bonchev–Trinajstić information content (AvgIpc) is 2.28. The Balaban J connectivity index is 2.64. The van der Waals surface area contributed by atoms with Gasteiger partial charge in [-0.1, -0.05) is 13.8 Å². The van der Waals surface area contributed by atoms with Crippen molar-refractivity contribution in [3.63, 3.8) is 0 Å². The molecule has 108 valence electrons. The summed E-state index contributed by atoms with van der Waals surface area (Å²) in [7, 11) is -3.86. The predicted molar refractivity (Wildman–Crippen MR) is 73.4 cm³/mol. The summed E-state index contributed by atoms with van der Waals surface area (Å²) in [6.45, 7) is 5.35. The SMILES string of the molecule is CC(C)COCCOc1ccc(N)cc1S(N)(=O)=O. The highest BCUT2D eigenvalue weighted by Gasteiger charge is 2.15.